The number of nitrogens with zero attached hydrogens (tertiary/aromatic N) is 4. The van der Waals surface area contributed by atoms with E-state index in [4.69, 9.17) is 20.3 Å². The Hall–Kier alpha value is -1.34. The number of hydrogen-bond donors (Lipinski definition) is 3. The van der Waals surface area contributed by atoms with Crippen molar-refractivity contribution in [2.75, 3.05) is 12.1 Å². The van der Waals surface area contributed by atoms with E-state index in [9.17, 15) is 0 Å². The maximum absolute atomic E-state index is 8.77. The van der Waals surface area contributed by atoms with Crippen molar-refractivity contribution in [2.45, 2.75) is 39.8 Å². The summed E-state index contributed by atoms with van der Waals surface area (Å²) in [6.45, 7) is 6.57. The van der Waals surface area contributed by atoms with Crippen molar-refractivity contribution in [3.05, 3.63) is 12.7 Å². The van der Waals surface area contributed by atoms with E-state index in [1.54, 1.807) is 10.9 Å². The van der Waals surface area contributed by atoms with Crippen molar-refractivity contribution in [3.8, 4) is 0 Å². The molecule has 0 radical (unpaired) electrons. The van der Waals surface area contributed by atoms with Crippen molar-refractivity contribution in [1.29, 1.82) is 0 Å². The molecule has 4 N–H and O–H groups in total. The highest BCUT2D eigenvalue weighted by Gasteiger charge is 2.11. The predicted octanol–water partition coefficient (Wildman–Crippen LogP) is 1.48. The van der Waals surface area contributed by atoms with Crippen LogP contribution < -0.4 is 5.73 Å². The summed E-state index contributed by atoms with van der Waals surface area (Å²) >= 11 is 0. The Morgan fingerprint density at radius 2 is 2.00 bits per heavy atom. The van der Waals surface area contributed by atoms with E-state index in [2.05, 4.69) is 28.8 Å². The zero-order chi connectivity index (χ0) is 15.8. The van der Waals surface area contributed by atoms with E-state index in [1.807, 2.05) is 6.92 Å². The molecule has 0 spiro atoms. The molecule has 0 bridgehead atoms. The Morgan fingerprint density at radius 1 is 1.33 bits per heavy atom. The van der Waals surface area contributed by atoms with Crippen LogP contribution in [0.1, 0.15) is 27.2 Å². The fourth-order valence-electron chi connectivity index (χ4n) is 1.56. The molecule has 0 aliphatic heterocycles. The molecule has 2 aromatic heterocycles. The van der Waals surface area contributed by atoms with Crippen LogP contribution in [0.3, 0.4) is 0 Å². The second-order valence-electron chi connectivity index (χ2n) is 4.51. The third-order valence-electron chi connectivity index (χ3n) is 2.36. The summed E-state index contributed by atoms with van der Waals surface area (Å²) in [4.78, 5) is 29.6. The summed E-state index contributed by atoms with van der Waals surface area (Å²) in [5.74, 6) is 0.335. The molecule has 0 aromatic carbocycles. The maximum atomic E-state index is 8.77. The van der Waals surface area contributed by atoms with Gasteiger partial charge in [-0.15, -0.1) is 0 Å². The Labute approximate surface area is 124 Å². The lowest BCUT2D eigenvalue weighted by atomic mass is 10.4. The Balaban J connectivity index is 0.000000677. The van der Waals surface area contributed by atoms with Gasteiger partial charge in [0.05, 0.1) is 19.0 Å². The van der Waals surface area contributed by atoms with Gasteiger partial charge in [0.2, 0.25) is 0 Å². The average Bonchev–Trinajstić information content (AvgIpc) is 2.82. The number of anilines is 1. The molecule has 1 unspecified atom stereocenters. The van der Waals surface area contributed by atoms with Crippen molar-refractivity contribution in [2.24, 2.45) is 0 Å². The molecule has 9 heteroatoms. The van der Waals surface area contributed by atoms with Gasteiger partial charge in [0.1, 0.15) is 18.2 Å². The molecule has 0 saturated heterocycles. The summed E-state index contributed by atoms with van der Waals surface area (Å²) in [5, 5.41) is 0. The second kappa shape index (κ2) is 8.84. The van der Waals surface area contributed by atoms with Gasteiger partial charge >= 0.3 is 0 Å². The number of imidazole rings is 1. The smallest absolute Gasteiger partial charge is 0.192 e. The van der Waals surface area contributed by atoms with Gasteiger partial charge in [-0.25, -0.2) is 15.0 Å². The minimum atomic E-state index is -2.03. The normalized spacial score (nSPS) is 12.3. The lowest BCUT2D eigenvalue weighted by molar-refractivity contribution is 0.0822. The SMILES string of the molecule is CC(Cn1cnc2c(N)ncnc21)OCP(O)O.CCC. The van der Waals surface area contributed by atoms with E-state index in [0.717, 1.165) is 0 Å². The molecule has 0 saturated carbocycles. The van der Waals surface area contributed by atoms with Crippen LogP contribution in [0.2, 0.25) is 0 Å². The Morgan fingerprint density at radius 3 is 2.62 bits per heavy atom. The number of nitrogens with two attached hydrogens (primary N) is 1. The first-order valence-corrected chi connectivity index (χ1v) is 8.10. The highest BCUT2D eigenvalue weighted by atomic mass is 31.2. The predicted molar refractivity (Wildman–Crippen MR) is 82.5 cm³/mol. The number of hydrogen-bond acceptors (Lipinski definition) is 7. The van der Waals surface area contributed by atoms with Crippen molar-refractivity contribution in [1.82, 2.24) is 19.5 Å². The molecule has 2 aromatic rings. The van der Waals surface area contributed by atoms with Crippen LogP contribution in [0.4, 0.5) is 5.82 Å². The molecule has 2 heterocycles. The van der Waals surface area contributed by atoms with Crippen LogP contribution in [0.15, 0.2) is 12.7 Å². The first-order valence-electron chi connectivity index (χ1n) is 6.67. The largest absolute Gasteiger partial charge is 0.382 e. The highest BCUT2D eigenvalue weighted by molar-refractivity contribution is 7.44. The van der Waals surface area contributed by atoms with E-state index < -0.39 is 8.38 Å². The Kier molecular flexibility index (Phi) is 7.45. The number of rotatable bonds is 5. The summed E-state index contributed by atoms with van der Waals surface area (Å²) in [5.41, 5.74) is 6.86. The van der Waals surface area contributed by atoms with Gasteiger partial charge < -0.3 is 24.8 Å². The van der Waals surface area contributed by atoms with E-state index >= 15 is 0 Å². The van der Waals surface area contributed by atoms with E-state index in [1.165, 1.54) is 12.7 Å². The maximum Gasteiger partial charge on any atom is 0.192 e. The van der Waals surface area contributed by atoms with E-state index in [0.29, 0.717) is 23.5 Å². The molecule has 21 heavy (non-hydrogen) atoms. The molecule has 0 fully saturated rings. The first-order chi connectivity index (χ1) is 9.99. The third kappa shape index (κ3) is 5.51. The van der Waals surface area contributed by atoms with Crippen molar-refractivity contribution >= 4 is 25.4 Å². The lowest BCUT2D eigenvalue weighted by Gasteiger charge is -2.14. The second-order valence-corrected chi connectivity index (χ2v) is 5.52. The van der Waals surface area contributed by atoms with Crippen LogP contribution in [0, 0.1) is 0 Å². The summed E-state index contributed by atoms with van der Waals surface area (Å²) in [6, 6.07) is 0. The standard InChI is InChI=1S/C9H14N5O3P.C3H8/c1-6(17-5-18(15)16)2-14-4-13-7-8(10)11-3-12-9(7)14;1-3-2/h3-4,6,15-16H,2,5H2,1H3,(H2,10,11,12);3H2,1-2H3. The Bertz CT molecular complexity index is 549. The molecular weight excluding hydrogens is 293 g/mol. The van der Waals surface area contributed by atoms with E-state index in [-0.39, 0.29) is 12.5 Å². The molecule has 118 valence electrons. The van der Waals surface area contributed by atoms with Gasteiger partial charge in [-0.1, -0.05) is 20.3 Å². The number of ether oxygens (including phenoxy) is 1. The lowest BCUT2D eigenvalue weighted by Crippen LogP contribution is -2.16. The molecule has 0 aliphatic rings. The molecule has 8 nitrogen and oxygen atoms in total. The van der Waals surface area contributed by atoms with Gasteiger partial charge in [0.15, 0.2) is 19.8 Å². The minimum absolute atomic E-state index is 0.0692. The van der Waals surface area contributed by atoms with Crippen LogP contribution in [0.5, 0.6) is 0 Å². The van der Waals surface area contributed by atoms with Gasteiger partial charge in [-0.3, -0.25) is 0 Å². The molecule has 2 rings (SSSR count). The summed E-state index contributed by atoms with van der Waals surface area (Å²) in [6.07, 6.45) is 3.97. The van der Waals surface area contributed by atoms with Crippen LogP contribution in [-0.4, -0.2) is 41.8 Å². The summed E-state index contributed by atoms with van der Waals surface area (Å²) in [7, 11) is -2.03. The average molecular weight is 315 g/mol. The van der Waals surface area contributed by atoms with Crippen molar-refractivity contribution in [3.63, 3.8) is 0 Å². The fourth-order valence-corrected chi connectivity index (χ4v) is 1.94. The van der Waals surface area contributed by atoms with Crippen LogP contribution >= 0.6 is 8.38 Å². The van der Waals surface area contributed by atoms with Gasteiger partial charge in [0, 0.05) is 0 Å². The van der Waals surface area contributed by atoms with Crippen LogP contribution in [0.25, 0.3) is 11.2 Å². The molecule has 0 amide bonds. The van der Waals surface area contributed by atoms with Crippen molar-refractivity contribution < 1.29 is 14.5 Å². The molecule has 1 atom stereocenters. The van der Waals surface area contributed by atoms with Gasteiger partial charge in [0.25, 0.3) is 0 Å². The number of nitrogen functional groups attached to an aromatic ring is 1. The third-order valence-corrected chi connectivity index (χ3v) is 2.74. The number of fused-ring (bicyclic) bond motifs is 1. The minimum Gasteiger partial charge on any atom is -0.382 e. The van der Waals surface area contributed by atoms with Gasteiger partial charge in [-0.05, 0) is 6.92 Å². The quantitative estimate of drug-likeness (QED) is 0.715. The van der Waals surface area contributed by atoms with Crippen LogP contribution in [-0.2, 0) is 11.3 Å². The molecular formula is C12H22N5O3P. The topological polar surface area (TPSA) is 119 Å². The zero-order valence-corrected chi connectivity index (χ0v) is 13.4. The fraction of sp³-hybridized carbons (Fsp3) is 0.583. The van der Waals surface area contributed by atoms with Gasteiger partial charge in [-0.2, -0.15) is 0 Å². The summed E-state index contributed by atoms with van der Waals surface area (Å²) < 4.78 is 7.05. The zero-order valence-electron chi connectivity index (χ0n) is 12.5. The first kappa shape index (κ1) is 17.7. The highest BCUT2D eigenvalue weighted by Crippen LogP contribution is 2.23. The number of aromatic nitrogens is 4. The monoisotopic (exact) mass is 315 g/mol. The molecule has 0 aliphatic carbocycles.